The highest BCUT2D eigenvalue weighted by Gasteiger charge is 2.48. The molecule has 4 heteroatoms. The highest BCUT2D eigenvalue weighted by atomic mass is 16.5. The van der Waals surface area contributed by atoms with Gasteiger partial charge in [0.1, 0.15) is 0 Å². The summed E-state index contributed by atoms with van der Waals surface area (Å²) >= 11 is 0. The first kappa shape index (κ1) is 12.5. The zero-order chi connectivity index (χ0) is 13.3. The van der Waals surface area contributed by atoms with Crippen LogP contribution in [0.25, 0.3) is 0 Å². The van der Waals surface area contributed by atoms with E-state index in [9.17, 15) is 4.79 Å². The molecule has 0 aromatic heterocycles. The SMILES string of the molecule is NC(=O)C1CCOC12CCN(c1ccccc1)CC2. The maximum Gasteiger partial charge on any atom is 0.223 e. The molecule has 2 saturated heterocycles. The average Bonchev–Trinajstić information content (AvgIpc) is 2.84. The fourth-order valence-electron chi connectivity index (χ4n) is 3.42. The van der Waals surface area contributed by atoms with Crippen molar-refractivity contribution in [3.8, 4) is 0 Å². The minimum Gasteiger partial charge on any atom is -0.374 e. The number of para-hydroxylation sites is 1. The van der Waals surface area contributed by atoms with E-state index >= 15 is 0 Å². The summed E-state index contributed by atoms with van der Waals surface area (Å²) in [6.45, 7) is 2.51. The number of amides is 1. The summed E-state index contributed by atoms with van der Waals surface area (Å²) in [5.74, 6) is -0.309. The van der Waals surface area contributed by atoms with E-state index in [1.54, 1.807) is 0 Å². The van der Waals surface area contributed by atoms with Crippen LogP contribution in [0.1, 0.15) is 19.3 Å². The van der Waals surface area contributed by atoms with Gasteiger partial charge in [-0.1, -0.05) is 18.2 Å². The molecular formula is C15H20N2O2. The lowest BCUT2D eigenvalue weighted by Gasteiger charge is -2.42. The Morgan fingerprint density at radius 1 is 1.26 bits per heavy atom. The van der Waals surface area contributed by atoms with Crippen LogP contribution >= 0.6 is 0 Å². The third kappa shape index (κ3) is 2.21. The molecule has 19 heavy (non-hydrogen) atoms. The normalized spacial score (nSPS) is 25.7. The van der Waals surface area contributed by atoms with E-state index in [1.807, 2.05) is 6.07 Å². The van der Waals surface area contributed by atoms with Gasteiger partial charge in [-0.05, 0) is 31.4 Å². The lowest BCUT2D eigenvalue weighted by Crippen LogP contribution is -2.51. The summed E-state index contributed by atoms with van der Waals surface area (Å²) in [6.07, 6.45) is 2.55. The van der Waals surface area contributed by atoms with Gasteiger partial charge in [-0.15, -0.1) is 0 Å². The molecule has 102 valence electrons. The standard InChI is InChI=1S/C15H20N2O2/c16-14(18)13-6-11-19-15(13)7-9-17(10-8-15)12-4-2-1-3-5-12/h1-5,13H,6-11H2,(H2,16,18). The van der Waals surface area contributed by atoms with Crippen LogP contribution in [0.15, 0.2) is 30.3 Å². The van der Waals surface area contributed by atoms with Crippen LogP contribution in [0.2, 0.25) is 0 Å². The van der Waals surface area contributed by atoms with Crippen LogP contribution in [-0.2, 0) is 9.53 Å². The Labute approximate surface area is 113 Å². The quantitative estimate of drug-likeness (QED) is 0.877. The molecule has 2 heterocycles. The van der Waals surface area contributed by atoms with Gasteiger partial charge < -0.3 is 15.4 Å². The van der Waals surface area contributed by atoms with Crippen LogP contribution in [-0.4, -0.2) is 31.2 Å². The van der Waals surface area contributed by atoms with Crippen molar-refractivity contribution in [2.75, 3.05) is 24.6 Å². The summed E-state index contributed by atoms with van der Waals surface area (Å²) in [5, 5.41) is 0. The Balaban J connectivity index is 1.71. The molecule has 0 aliphatic carbocycles. The molecule has 2 aliphatic rings. The fraction of sp³-hybridized carbons (Fsp3) is 0.533. The van der Waals surface area contributed by atoms with Crippen molar-refractivity contribution in [3.63, 3.8) is 0 Å². The maximum atomic E-state index is 11.6. The summed E-state index contributed by atoms with van der Waals surface area (Å²) in [4.78, 5) is 13.9. The minimum atomic E-state index is -0.295. The van der Waals surface area contributed by atoms with Crippen LogP contribution in [0, 0.1) is 5.92 Å². The molecule has 2 N–H and O–H groups in total. The zero-order valence-electron chi connectivity index (χ0n) is 11.0. The van der Waals surface area contributed by atoms with E-state index in [0.717, 1.165) is 32.4 Å². The van der Waals surface area contributed by atoms with Crippen LogP contribution in [0.3, 0.4) is 0 Å². The van der Waals surface area contributed by atoms with Gasteiger partial charge in [0.2, 0.25) is 5.91 Å². The molecule has 1 amide bonds. The number of carbonyl (C=O) groups is 1. The third-order valence-electron chi connectivity index (χ3n) is 4.51. The van der Waals surface area contributed by atoms with E-state index in [-0.39, 0.29) is 17.4 Å². The summed E-state index contributed by atoms with van der Waals surface area (Å²) < 4.78 is 5.91. The number of nitrogens with two attached hydrogens (primary N) is 1. The summed E-state index contributed by atoms with van der Waals surface area (Å²) in [5.41, 5.74) is 6.46. The van der Waals surface area contributed by atoms with Gasteiger partial charge in [-0.3, -0.25) is 4.79 Å². The number of ether oxygens (including phenoxy) is 1. The molecule has 4 nitrogen and oxygen atoms in total. The molecule has 1 spiro atoms. The molecule has 1 unspecified atom stereocenters. The lowest BCUT2D eigenvalue weighted by atomic mass is 9.79. The number of nitrogens with zero attached hydrogens (tertiary/aromatic N) is 1. The molecule has 1 atom stereocenters. The highest BCUT2D eigenvalue weighted by molar-refractivity contribution is 5.78. The number of hydrogen-bond acceptors (Lipinski definition) is 3. The number of anilines is 1. The van der Waals surface area contributed by atoms with Crippen molar-refractivity contribution < 1.29 is 9.53 Å². The molecule has 0 bridgehead atoms. The van der Waals surface area contributed by atoms with E-state index in [2.05, 4.69) is 29.2 Å². The monoisotopic (exact) mass is 260 g/mol. The van der Waals surface area contributed by atoms with E-state index in [1.165, 1.54) is 5.69 Å². The van der Waals surface area contributed by atoms with Crippen molar-refractivity contribution in [1.82, 2.24) is 0 Å². The van der Waals surface area contributed by atoms with Crippen molar-refractivity contribution >= 4 is 11.6 Å². The molecule has 1 aromatic carbocycles. The van der Waals surface area contributed by atoms with Crippen molar-refractivity contribution in [2.24, 2.45) is 11.7 Å². The smallest absolute Gasteiger partial charge is 0.223 e. The van der Waals surface area contributed by atoms with Crippen molar-refractivity contribution in [2.45, 2.75) is 24.9 Å². The second-order valence-corrected chi connectivity index (χ2v) is 5.48. The Kier molecular flexibility index (Phi) is 3.19. The Morgan fingerprint density at radius 2 is 1.95 bits per heavy atom. The molecule has 0 radical (unpaired) electrons. The highest BCUT2D eigenvalue weighted by Crippen LogP contribution is 2.41. The molecule has 1 aromatic rings. The lowest BCUT2D eigenvalue weighted by molar-refractivity contribution is -0.129. The van der Waals surface area contributed by atoms with Gasteiger partial charge >= 0.3 is 0 Å². The Morgan fingerprint density at radius 3 is 2.58 bits per heavy atom. The molecular weight excluding hydrogens is 240 g/mol. The zero-order valence-corrected chi connectivity index (χ0v) is 11.0. The first-order valence-corrected chi connectivity index (χ1v) is 6.95. The number of hydrogen-bond donors (Lipinski definition) is 1. The third-order valence-corrected chi connectivity index (χ3v) is 4.51. The predicted molar refractivity (Wildman–Crippen MR) is 73.9 cm³/mol. The van der Waals surface area contributed by atoms with E-state index < -0.39 is 0 Å². The molecule has 0 saturated carbocycles. The second-order valence-electron chi connectivity index (χ2n) is 5.48. The largest absolute Gasteiger partial charge is 0.374 e. The Bertz CT molecular complexity index is 452. The predicted octanol–water partition coefficient (Wildman–Crippen LogP) is 1.55. The number of carbonyl (C=O) groups excluding carboxylic acids is 1. The minimum absolute atomic E-state index is 0.106. The average molecular weight is 260 g/mol. The van der Waals surface area contributed by atoms with Crippen LogP contribution < -0.4 is 10.6 Å². The molecule has 2 aliphatic heterocycles. The van der Waals surface area contributed by atoms with Gasteiger partial charge in [0.25, 0.3) is 0 Å². The summed E-state index contributed by atoms with van der Waals surface area (Å²) in [7, 11) is 0. The van der Waals surface area contributed by atoms with Gasteiger partial charge in [0.05, 0.1) is 11.5 Å². The van der Waals surface area contributed by atoms with Gasteiger partial charge in [0, 0.05) is 25.4 Å². The number of rotatable bonds is 2. The molecule has 2 fully saturated rings. The Hall–Kier alpha value is -1.55. The van der Waals surface area contributed by atoms with Crippen molar-refractivity contribution in [3.05, 3.63) is 30.3 Å². The summed E-state index contributed by atoms with van der Waals surface area (Å²) in [6, 6.07) is 10.4. The number of primary amides is 1. The van der Waals surface area contributed by atoms with Gasteiger partial charge in [0.15, 0.2) is 0 Å². The van der Waals surface area contributed by atoms with Gasteiger partial charge in [-0.25, -0.2) is 0 Å². The van der Waals surface area contributed by atoms with Crippen molar-refractivity contribution in [1.29, 1.82) is 0 Å². The first-order valence-electron chi connectivity index (χ1n) is 6.95. The van der Waals surface area contributed by atoms with Gasteiger partial charge in [-0.2, -0.15) is 0 Å². The second kappa shape index (κ2) is 4.85. The van der Waals surface area contributed by atoms with Crippen LogP contribution in [0.4, 0.5) is 5.69 Å². The molecule has 3 rings (SSSR count). The van der Waals surface area contributed by atoms with Crippen LogP contribution in [0.5, 0.6) is 0 Å². The first-order chi connectivity index (χ1) is 9.21. The fourth-order valence-corrected chi connectivity index (χ4v) is 3.42. The van der Waals surface area contributed by atoms with E-state index in [4.69, 9.17) is 10.5 Å². The maximum absolute atomic E-state index is 11.6. The number of piperidine rings is 1. The van der Waals surface area contributed by atoms with E-state index in [0.29, 0.717) is 6.61 Å². The number of benzene rings is 1. The topological polar surface area (TPSA) is 55.6 Å².